The molecule has 9 nitrogen and oxygen atoms in total. The maximum Gasteiger partial charge on any atom is 0.337 e. The minimum Gasteiger partial charge on any atom is -0.478 e. The summed E-state index contributed by atoms with van der Waals surface area (Å²) in [5, 5.41) is 22.1. The fraction of sp³-hybridized carbons (Fsp3) is 0.360. The number of rotatable bonds is 7. The molecule has 1 saturated heterocycles. The van der Waals surface area contributed by atoms with Gasteiger partial charge in [-0.2, -0.15) is 5.10 Å². The van der Waals surface area contributed by atoms with Crippen molar-refractivity contribution < 1.29 is 19.2 Å². The van der Waals surface area contributed by atoms with Gasteiger partial charge in [-0.15, -0.1) is 11.3 Å². The van der Waals surface area contributed by atoms with E-state index in [1.807, 2.05) is 6.07 Å². The number of carboxylic acids is 1. The van der Waals surface area contributed by atoms with Crippen LogP contribution in [-0.4, -0.2) is 62.0 Å². The smallest absolute Gasteiger partial charge is 0.337 e. The topological polar surface area (TPSA) is 113 Å². The van der Waals surface area contributed by atoms with E-state index in [9.17, 15) is 14.7 Å². The molecule has 2 N–H and O–H groups in total. The van der Waals surface area contributed by atoms with E-state index in [1.54, 1.807) is 24.3 Å². The van der Waals surface area contributed by atoms with E-state index in [0.717, 1.165) is 30.8 Å². The summed E-state index contributed by atoms with van der Waals surface area (Å²) >= 11 is 7.40. The van der Waals surface area contributed by atoms with Gasteiger partial charge in [0, 0.05) is 36.6 Å². The average Bonchev–Trinajstić information content (AvgIpc) is 3.58. The van der Waals surface area contributed by atoms with E-state index >= 15 is 0 Å². The van der Waals surface area contributed by atoms with Gasteiger partial charge in [0.15, 0.2) is 11.5 Å². The molecular formula is C25H26ClN5O4S. The number of carboxylic acid groups (broad SMARTS) is 1. The molecule has 36 heavy (non-hydrogen) atoms. The third kappa shape index (κ3) is 4.88. The second-order valence-electron chi connectivity index (χ2n) is 9.18. The zero-order valence-electron chi connectivity index (χ0n) is 19.9. The highest BCUT2D eigenvalue weighted by atomic mass is 35.5. The van der Waals surface area contributed by atoms with Crippen LogP contribution >= 0.6 is 22.9 Å². The Morgan fingerprint density at radius 3 is 2.69 bits per heavy atom. The van der Waals surface area contributed by atoms with Crippen LogP contribution in [0.5, 0.6) is 0 Å². The summed E-state index contributed by atoms with van der Waals surface area (Å²) < 4.78 is 7.62. The first-order valence-corrected chi connectivity index (χ1v) is 13.0. The Balaban J connectivity index is 1.43. The number of halogens is 1. The number of aromatic nitrogens is 3. The molecule has 0 spiro atoms. The van der Waals surface area contributed by atoms with Gasteiger partial charge in [0.05, 0.1) is 26.8 Å². The minimum atomic E-state index is -1.09. The summed E-state index contributed by atoms with van der Waals surface area (Å²) in [5.41, 5.74) is 1.19. The third-order valence-corrected chi connectivity index (χ3v) is 7.74. The van der Waals surface area contributed by atoms with Crippen molar-refractivity contribution in [2.75, 3.05) is 13.1 Å². The zero-order chi connectivity index (χ0) is 25.4. The van der Waals surface area contributed by atoms with E-state index in [2.05, 4.69) is 34.3 Å². The number of carbonyl (C=O) groups is 2. The number of thiophene rings is 1. The van der Waals surface area contributed by atoms with Crippen molar-refractivity contribution in [1.29, 1.82) is 0 Å². The summed E-state index contributed by atoms with van der Waals surface area (Å²) in [6.45, 7) is 6.33. The highest BCUT2D eigenvalue weighted by Crippen LogP contribution is 2.32. The normalized spacial score (nSPS) is 15.1. The van der Waals surface area contributed by atoms with Crippen LogP contribution < -0.4 is 5.32 Å². The molecule has 0 unspecified atom stereocenters. The van der Waals surface area contributed by atoms with Crippen molar-refractivity contribution in [1.82, 2.24) is 25.2 Å². The molecule has 3 aromatic heterocycles. The van der Waals surface area contributed by atoms with Gasteiger partial charge >= 0.3 is 5.97 Å². The quantitative estimate of drug-likeness (QED) is 0.356. The van der Waals surface area contributed by atoms with Crippen LogP contribution in [0.3, 0.4) is 0 Å². The lowest BCUT2D eigenvalue weighted by Crippen LogP contribution is -2.46. The Morgan fingerprint density at radius 2 is 2.03 bits per heavy atom. The van der Waals surface area contributed by atoms with Crippen molar-refractivity contribution in [3.8, 4) is 10.6 Å². The molecule has 0 saturated carbocycles. The Labute approximate surface area is 216 Å². The number of piperidine rings is 1. The molecule has 1 aromatic carbocycles. The van der Waals surface area contributed by atoms with Crippen LogP contribution in [0.2, 0.25) is 4.34 Å². The second-order valence-corrected chi connectivity index (χ2v) is 10.9. The number of para-hydroxylation sites is 1. The summed E-state index contributed by atoms with van der Waals surface area (Å²) in [6.07, 6.45) is 1.72. The lowest BCUT2D eigenvalue weighted by Gasteiger charge is -2.34. The molecule has 0 atom stereocenters. The van der Waals surface area contributed by atoms with E-state index in [0.29, 0.717) is 32.7 Å². The van der Waals surface area contributed by atoms with Crippen LogP contribution in [0.25, 0.3) is 21.5 Å². The molecule has 188 valence electrons. The lowest BCUT2D eigenvalue weighted by molar-refractivity contribution is 0.0698. The first-order chi connectivity index (χ1) is 17.3. The number of amides is 1. The number of likely N-dealkylation sites (tertiary alicyclic amines) is 1. The van der Waals surface area contributed by atoms with Crippen LogP contribution in [0.1, 0.15) is 53.2 Å². The van der Waals surface area contributed by atoms with Crippen LogP contribution in [0.4, 0.5) is 0 Å². The first kappa shape index (κ1) is 24.5. The maximum absolute atomic E-state index is 13.3. The number of benzene rings is 1. The molecule has 5 rings (SSSR count). The van der Waals surface area contributed by atoms with E-state index in [4.69, 9.17) is 16.1 Å². The molecule has 4 aromatic rings. The maximum atomic E-state index is 13.3. The van der Waals surface area contributed by atoms with Gasteiger partial charge in [-0.05, 0) is 44.9 Å². The number of nitrogens with zero attached hydrogens (tertiary/aromatic N) is 4. The Hall–Kier alpha value is -3.21. The second kappa shape index (κ2) is 10.0. The number of hydrogen-bond acceptors (Lipinski definition) is 7. The first-order valence-electron chi connectivity index (χ1n) is 11.8. The molecule has 0 bridgehead atoms. The van der Waals surface area contributed by atoms with Gasteiger partial charge in [-0.25, -0.2) is 4.79 Å². The molecule has 1 aliphatic heterocycles. The largest absolute Gasteiger partial charge is 0.478 e. The van der Waals surface area contributed by atoms with E-state index in [-0.39, 0.29) is 29.8 Å². The monoisotopic (exact) mass is 527 g/mol. The highest BCUT2D eigenvalue weighted by Gasteiger charge is 2.26. The summed E-state index contributed by atoms with van der Waals surface area (Å²) in [5.74, 6) is -0.843. The predicted octanol–water partition coefficient (Wildman–Crippen LogP) is 4.76. The molecule has 0 radical (unpaired) electrons. The Bertz CT molecular complexity index is 1420. The molecule has 1 amide bonds. The molecule has 4 heterocycles. The van der Waals surface area contributed by atoms with Gasteiger partial charge in [0.2, 0.25) is 0 Å². The van der Waals surface area contributed by atoms with Crippen LogP contribution in [0, 0.1) is 0 Å². The fourth-order valence-corrected chi connectivity index (χ4v) is 5.60. The number of hydrogen-bond donors (Lipinski definition) is 2. The van der Waals surface area contributed by atoms with Gasteiger partial charge < -0.3 is 19.8 Å². The fourth-order valence-electron chi connectivity index (χ4n) is 4.61. The summed E-state index contributed by atoms with van der Waals surface area (Å²) in [6, 6.07) is 10.8. The zero-order valence-corrected chi connectivity index (χ0v) is 21.5. The van der Waals surface area contributed by atoms with Gasteiger partial charge in [0.25, 0.3) is 5.91 Å². The summed E-state index contributed by atoms with van der Waals surface area (Å²) in [7, 11) is 0. The number of aromatic carboxylic acids is 1. The van der Waals surface area contributed by atoms with E-state index < -0.39 is 5.97 Å². The number of fused-ring (bicyclic) bond motifs is 1. The molecule has 0 aliphatic carbocycles. The van der Waals surface area contributed by atoms with Crippen molar-refractivity contribution >= 4 is 45.7 Å². The number of nitrogens with one attached hydrogen (secondary N) is 1. The third-order valence-electron chi connectivity index (χ3n) is 6.50. The SMILES string of the molecule is CC(C)N1CCC(NC(=O)c2nn(Cc3cc(-c4ccc(Cl)s4)on3)c3c(C(=O)O)cccc23)CC1. The van der Waals surface area contributed by atoms with Gasteiger partial charge in [-0.1, -0.05) is 28.9 Å². The molecule has 1 aliphatic rings. The van der Waals surface area contributed by atoms with Gasteiger partial charge in [-0.3, -0.25) is 9.48 Å². The van der Waals surface area contributed by atoms with Crippen molar-refractivity contribution in [2.24, 2.45) is 0 Å². The van der Waals surface area contributed by atoms with Crippen molar-refractivity contribution in [2.45, 2.75) is 45.3 Å². The van der Waals surface area contributed by atoms with Crippen LogP contribution in [0.15, 0.2) is 40.9 Å². The average molecular weight is 528 g/mol. The van der Waals surface area contributed by atoms with E-state index in [1.165, 1.54) is 22.1 Å². The van der Waals surface area contributed by atoms with Crippen molar-refractivity contribution in [3.05, 3.63) is 57.7 Å². The van der Waals surface area contributed by atoms with Gasteiger partial charge in [0.1, 0.15) is 5.69 Å². The van der Waals surface area contributed by atoms with Crippen molar-refractivity contribution in [3.63, 3.8) is 0 Å². The molecule has 11 heteroatoms. The van der Waals surface area contributed by atoms with Crippen LogP contribution in [-0.2, 0) is 6.54 Å². The Morgan fingerprint density at radius 1 is 1.25 bits per heavy atom. The predicted molar refractivity (Wildman–Crippen MR) is 138 cm³/mol. The standard InChI is InChI=1S/C25H26ClN5O4S/c1-14(2)30-10-8-15(9-11-30)27-24(32)22-17-4-3-5-18(25(33)34)23(17)31(28-22)13-16-12-19(35-29-16)20-6-7-21(26)36-20/h3-7,12,14-15H,8-11,13H2,1-2H3,(H,27,32)(H,33,34). The molecular weight excluding hydrogens is 502 g/mol. The lowest BCUT2D eigenvalue weighted by atomic mass is 10.0. The highest BCUT2D eigenvalue weighted by molar-refractivity contribution is 7.19. The Kier molecular flexibility index (Phi) is 6.83. The number of carbonyl (C=O) groups excluding carboxylic acids is 1. The molecule has 1 fully saturated rings. The minimum absolute atomic E-state index is 0.0473. The summed E-state index contributed by atoms with van der Waals surface area (Å²) in [4.78, 5) is 28.5.